The van der Waals surface area contributed by atoms with Crippen LogP contribution in [0.25, 0.3) is 0 Å². The van der Waals surface area contributed by atoms with E-state index < -0.39 is 0 Å². The average molecular weight is 287 g/mol. The molecule has 1 aromatic heterocycles. The standard InChI is InChI=1S/C12H19ClN4O2/c1-3-6-17-12(19)11(13)10(8-16-17)15-5-4-14-7-9(2)18/h3,8-9,14-15,18H,1,4-7H2,2H3. The molecule has 6 nitrogen and oxygen atoms in total. The van der Waals surface area contributed by atoms with Crippen LogP contribution in [0.5, 0.6) is 0 Å². The maximum Gasteiger partial charge on any atom is 0.287 e. The normalized spacial score (nSPS) is 12.2. The number of halogens is 1. The molecule has 0 fully saturated rings. The van der Waals surface area contributed by atoms with Gasteiger partial charge < -0.3 is 15.7 Å². The predicted molar refractivity (Wildman–Crippen MR) is 76.7 cm³/mol. The Morgan fingerprint density at radius 2 is 2.37 bits per heavy atom. The van der Waals surface area contributed by atoms with Gasteiger partial charge in [0.05, 0.1) is 24.5 Å². The molecule has 1 atom stereocenters. The van der Waals surface area contributed by atoms with E-state index in [9.17, 15) is 4.79 Å². The van der Waals surface area contributed by atoms with E-state index in [1.165, 1.54) is 10.9 Å². The number of hydrogen-bond acceptors (Lipinski definition) is 5. The van der Waals surface area contributed by atoms with Crippen molar-refractivity contribution >= 4 is 17.3 Å². The second kappa shape index (κ2) is 7.93. The maximum absolute atomic E-state index is 11.8. The zero-order valence-corrected chi connectivity index (χ0v) is 11.7. The van der Waals surface area contributed by atoms with Crippen molar-refractivity contribution in [3.05, 3.63) is 34.2 Å². The van der Waals surface area contributed by atoms with Gasteiger partial charge in [-0.1, -0.05) is 17.7 Å². The summed E-state index contributed by atoms with van der Waals surface area (Å²) in [6.45, 7) is 7.34. The minimum atomic E-state index is -0.381. The molecule has 0 saturated heterocycles. The number of hydrogen-bond donors (Lipinski definition) is 3. The van der Waals surface area contributed by atoms with Crippen molar-refractivity contribution in [2.45, 2.75) is 19.6 Å². The summed E-state index contributed by atoms with van der Waals surface area (Å²) in [5.41, 5.74) is 0.161. The average Bonchev–Trinajstić information content (AvgIpc) is 2.37. The summed E-state index contributed by atoms with van der Waals surface area (Å²) in [5, 5.41) is 19.2. The molecule has 0 radical (unpaired) electrons. The molecule has 106 valence electrons. The van der Waals surface area contributed by atoms with Crippen LogP contribution in [-0.2, 0) is 6.54 Å². The first-order chi connectivity index (χ1) is 9.06. The number of nitrogens with one attached hydrogen (secondary N) is 2. The van der Waals surface area contributed by atoms with Crippen LogP contribution in [-0.4, -0.2) is 40.6 Å². The van der Waals surface area contributed by atoms with Crippen LogP contribution in [0.1, 0.15) is 6.92 Å². The first kappa shape index (κ1) is 15.7. The van der Waals surface area contributed by atoms with Gasteiger partial charge in [-0.3, -0.25) is 4.79 Å². The molecule has 0 aliphatic rings. The Hall–Kier alpha value is -1.37. The summed E-state index contributed by atoms with van der Waals surface area (Å²) in [4.78, 5) is 11.8. The van der Waals surface area contributed by atoms with Gasteiger partial charge >= 0.3 is 0 Å². The van der Waals surface area contributed by atoms with Gasteiger partial charge in [-0.15, -0.1) is 6.58 Å². The Labute approximate surface area is 117 Å². The zero-order chi connectivity index (χ0) is 14.3. The van der Waals surface area contributed by atoms with E-state index in [4.69, 9.17) is 16.7 Å². The number of aromatic nitrogens is 2. The third kappa shape index (κ3) is 5.02. The highest BCUT2D eigenvalue weighted by atomic mass is 35.5. The molecule has 0 bridgehead atoms. The van der Waals surface area contributed by atoms with Crippen molar-refractivity contribution in [1.82, 2.24) is 15.1 Å². The number of aliphatic hydroxyl groups is 1. The second-order valence-electron chi connectivity index (χ2n) is 4.13. The van der Waals surface area contributed by atoms with Gasteiger partial charge in [0.2, 0.25) is 0 Å². The molecule has 0 amide bonds. The third-order valence-corrected chi connectivity index (χ3v) is 2.71. The summed E-state index contributed by atoms with van der Waals surface area (Å²) in [6, 6.07) is 0. The summed E-state index contributed by atoms with van der Waals surface area (Å²) in [7, 11) is 0. The van der Waals surface area contributed by atoms with Crippen molar-refractivity contribution in [2.75, 3.05) is 25.0 Å². The van der Waals surface area contributed by atoms with E-state index in [1.54, 1.807) is 13.0 Å². The van der Waals surface area contributed by atoms with Crippen molar-refractivity contribution in [2.24, 2.45) is 0 Å². The first-order valence-electron chi connectivity index (χ1n) is 6.05. The molecule has 7 heteroatoms. The molecular formula is C12H19ClN4O2. The molecule has 0 spiro atoms. The number of allylic oxidation sites excluding steroid dienone is 1. The van der Waals surface area contributed by atoms with E-state index in [0.29, 0.717) is 31.9 Å². The van der Waals surface area contributed by atoms with Gasteiger partial charge in [-0.25, -0.2) is 4.68 Å². The van der Waals surface area contributed by atoms with Crippen LogP contribution in [0.2, 0.25) is 5.02 Å². The fourth-order valence-corrected chi connectivity index (χ4v) is 1.65. The van der Waals surface area contributed by atoms with Crippen LogP contribution in [0.4, 0.5) is 5.69 Å². The molecule has 0 aliphatic carbocycles. The van der Waals surface area contributed by atoms with E-state index in [0.717, 1.165) is 0 Å². The van der Waals surface area contributed by atoms with Crippen LogP contribution in [0, 0.1) is 0 Å². The van der Waals surface area contributed by atoms with Crippen molar-refractivity contribution in [3.8, 4) is 0 Å². The predicted octanol–water partition coefficient (Wildman–Crippen LogP) is 0.465. The van der Waals surface area contributed by atoms with Crippen molar-refractivity contribution in [1.29, 1.82) is 0 Å². The number of nitrogens with zero attached hydrogens (tertiary/aromatic N) is 2. The Balaban J connectivity index is 2.53. The monoisotopic (exact) mass is 286 g/mol. The zero-order valence-electron chi connectivity index (χ0n) is 10.9. The van der Waals surface area contributed by atoms with E-state index in [1.807, 2.05) is 0 Å². The molecule has 3 N–H and O–H groups in total. The molecule has 1 unspecified atom stereocenters. The summed E-state index contributed by atoms with van der Waals surface area (Å²) in [6.07, 6.45) is 2.72. The van der Waals surface area contributed by atoms with Crippen LogP contribution in [0.15, 0.2) is 23.6 Å². The van der Waals surface area contributed by atoms with Crippen molar-refractivity contribution in [3.63, 3.8) is 0 Å². The van der Waals surface area contributed by atoms with Crippen LogP contribution >= 0.6 is 11.6 Å². The Bertz CT molecular complexity index is 473. The van der Waals surface area contributed by atoms with E-state index in [2.05, 4.69) is 22.3 Å². The summed E-state index contributed by atoms with van der Waals surface area (Å²) >= 11 is 5.97. The highest BCUT2D eigenvalue weighted by Gasteiger charge is 2.07. The molecule has 0 aromatic carbocycles. The number of rotatable bonds is 8. The molecule has 0 saturated carbocycles. The molecule has 1 aromatic rings. The Morgan fingerprint density at radius 1 is 1.63 bits per heavy atom. The quantitative estimate of drug-likeness (QED) is 0.478. The van der Waals surface area contributed by atoms with Gasteiger partial charge in [0.15, 0.2) is 0 Å². The smallest absolute Gasteiger partial charge is 0.287 e. The lowest BCUT2D eigenvalue weighted by Crippen LogP contribution is -2.29. The molecule has 19 heavy (non-hydrogen) atoms. The minimum Gasteiger partial charge on any atom is -0.392 e. The van der Waals surface area contributed by atoms with Gasteiger partial charge in [-0.2, -0.15) is 5.10 Å². The molecule has 1 rings (SSSR count). The van der Waals surface area contributed by atoms with Crippen LogP contribution < -0.4 is 16.2 Å². The number of aliphatic hydroxyl groups excluding tert-OH is 1. The lowest BCUT2D eigenvalue weighted by molar-refractivity contribution is 0.192. The van der Waals surface area contributed by atoms with Gasteiger partial charge in [-0.05, 0) is 6.92 Å². The SMILES string of the molecule is C=CCn1ncc(NCCNCC(C)O)c(Cl)c1=O. The second-order valence-corrected chi connectivity index (χ2v) is 4.51. The highest BCUT2D eigenvalue weighted by molar-refractivity contribution is 6.32. The van der Waals surface area contributed by atoms with Gasteiger partial charge in [0, 0.05) is 19.6 Å². The minimum absolute atomic E-state index is 0.118. The topological polar surface area (TPSA) is 79.2 Å². The largest absolute Gasteiger partial charge is 0.392 e. The lowest BCUT2D eigenvalue weighted by atomic mass is 10.4. The van der Waals surface area contributed by atoms with Crippen LogP contribution in [0.3, 0.4) is 0 Å². The Morgan fingerprint density at radius 3 is 3.00 bits per heavy atom. The fraction of sp³-hybridized carbons (Fsp3) is 0.500. The van der Waals surface area contributed by atoms with E-state index >= 15 is 0 Å². The maximum atomic E-state index is 11.8. The summed E-state index contributed by atoms with van der Waals surface area (Å²) < 4.78 is 1.24. The number of anilines is 1. The first-order valence-corrected chi connectivity index (χ1v) is 6.43. The lowest BCUT2D eigenvalue weighted by Gasteiger charge is -2.10. The van der Waals surface area contributed by atoms with Gasteiger partial charge in [0.1, 0.15) is 5.02 Å². The Kier molecular flexibility index (Phi) is 6.55. The van der Waals surface area contributed by atoms with Crippen molar-refractivity contribution < 1.29 is 5.11 Å². The third-order valence-electron chi connectivity index (χ3n) is 2.34. The fourth-order valence-electron chi connectivity index (χ4n) is 1.44. The molecular weight excluding hydrogens is 268 g/mol. The van der Waals surface area contributed by atoms with Gasteiger partial charge in [0.25, 0.3) is 5.56 Å². The molecule has 0 aliphatic heterocycles. The van der Waals surface area contributed by atoms with E-state index in [-0.39, 0.29) is 16.7 Å². The molecule has 1 heterocycles. The highest BCUT2D eigenvalue weighted by Crippen LogP contribution is 2.14. The summed E-state index contributed by atoms with van der Waals surface area (Å²) in [5.74, 6) is 0.